The van der Waals surface area contributed by atoms with Crippen molar-refractivity contribution in [1.29, 1.82) is 0 Å². The van der Waals surface area contributed by atoms with Crippen molar-refractivity contribution in [3.63, 3.8) is 0 Å². The van der Waals surface area contributed by atoms with E-state index in [1.165, 1.54) is 11.3 Å². The average molecular weight is 253 g/mol. The van der Waals surface area contributed by atoms with E-state index in [4.69, 9.17) is 16.3 Å². The summed E-state index contributed by atoms with van der Waals surface area (Å²) in [5.74, 6) is 0.585. The number of carbonyl (C=O) groups excluding carboxylic acids is 1. The molecule has 1 aromatic carbocycles. The van der Waals surface area contributed by atoms with Crippen LogP contribution >= 0.6 is 22.9 Å². The maximum Gasteiger partial charge on any atom is 0.153 e. The van der Waals surface area contributed by atoms with Crippen molar-refractivity contribution >= 4 is 29.2 Å². The number of aldehydes is 1. The highest BCUT2D eigenvalue weighted by Crippen LogP contribution is 2.33. The fraction of sp³-hybridized carbons (Fsp3) is 0.0833. The van der Waals surface area contributed by atoms with Crippen LogP contribution in [0.3, 0.4) is 0 Å². The first-order valence-corrected chi connectivity index (χ1v) is 5.83. The standard InChI is InChI=1S/C12H9ClO2S/c1-15-10-3-2-8(6-9(10)7-14)11-4-5-12(13)16-11/h2-7H,1H3. The molecule has 0 fully saturated rings. The molecular formula is C12H9ClO2S. The molecular weight excluding hydrogens is 244 g/mol. The Bertz CT molecular complexity index is 519. The second kappa shape index (κ2) is 4.68. The van der Waals surface area contributed by atoms with Crippen LogP contribution in [0.15, 0.2) is 30.3 Å². The van der Waals surface area contributed by atoms with Gasteiger partial charge in [-0.15, -0.1) is 11.3 Å². The second-order valence-electron chi connectivity index (χ2n) is 3.18. The van der Waals surface area contributed by atoms with Crippen molar-refractivity contribution in [2.45, 2.75) is 0 Å². The summed E-state index contributed by atoms with van der Waals surface area (Å²) < 4.78 is 5.81. The van der Waals surface area contributed by atoms with Gasteiger partial charge in [-0.05, 0) is 35.9 Å². The van der Waals surface area contributed by atoms with Gasteiger partial charge in [-0.1, -0.05) is 11.6 Å². The van der Waals surface area contributed by atoms with Gasteiger partial charge in [0.25, 0.3) is 0 Å². The first kappa shape index (κ1) is 11.2. The summed E-state index contributed by atoms with van der Waals surface area (Å²) in [7, 11) is 1.55. The predicted molar refractivity (Wildman–Crippen MR) is 66.7 cm³/mol. The fourth-order valence-corrected chi connectivity index (χ4v) is 2.49. The minimum absolute atomic E-state index is 0.546. The Morgan fingerprint density at radius 1 is 1.31 bits per heavy atom. The highest BCUT2D eigenvalue weighted by Gasteiger charge is 2.06. The Kier molecular flexibility index (Phi) is 3.27. The number of carbonyl (C=O) groups is 1. The number of rotatable bonds is 3. The third kappa shape index (κ3) is 2.10. The Labute approximate surface area is 102 Å². The van der Waals surface area contributed by atoms with E-state index in [1.54, 1.807) is 19.2 Å². The Morgan fingerprint density at radius 2 is 2.12 bits per heavy atom. The number of hydrogen-bond donors (Lipinski definition) is 0. The van der Waals surface area contributed by atoms with E-state index in [0.717, 1.165) is 21.1 Å². The van der Waals surface area contributed by atoms with Crippen LogP contribution in [0.1, 0.15) is 10.4 Å². The van der Waals surface area contributed by atoms with E-state index in [-0.39, 0.29) is 0 Å². The first-order chi connectivity index (χ1) is 7.74. The van der Waals surface area contributed by atoms with E-state index in [2.05, 4.69) is 0 Å². The summed E-state index contributed by atoms with van der Waals surface area (Å²) in [5, 5.41) is 0. The van der Waals surface area contributed by atoms with Gasteiger partial charge in [0.15, 0.2) is 6.29 Å². The van der Waals surface area contributed by atoms with Gasteiger partial charge in [-0.2, -0.15) is 0 Å². The molecule has 0 spiro atoms. The SMILES string of the molecule is COc1ccc(-c2ccc(Cl)s2)cc1C=O. The molecule has 0 aliphatic rings. The molecule has 2 nitrogen and oxygen atoms in total. The van der Waals surface area contributed by atoms with Gasteiger partial charge < -0.3 is 4.74 Å². The van der Waals surface area contributed by atoms with Gasteiger partial charge in [0.1, 0.15) is 5.75 Å². The molecule has 2 aromatic rings. The smallest absolute Gasteiger partial charge is 0.153 e. The zero-order valence-electron chi connectivity index (χ0n) is 8.57. The van der Waals surface area contributed by atoms with Crippen molar-refractivity contribution in [2.75, 3.05) is 7.11 Å². The quantitative estimate of drug-likeness (QED) is 0.775. The number of benzene rings is 1. The Hall–Kier alpha value is -1.32. The number of ether oxygens (including phenoxy) is 1. The summed E-state index contributed by atoms with van der Waals surface area (Å²) in [6.45, 7) is 0. The highest BCUT2D eigenvalue weighted by atomic mass is 35.5. The van der Waals surface area contributed by atoms with Crippen LogP contribution in [0.2, 0.25) is 4.34 Å². The molecule has 2 rings (SSSR count). The molecule has 0 saturated heterocycles. The molecule has 0 bridgehead atoms. The molecule has 0 atom stereocenters. The van der Waals surface area contributed by atoms with Crippen molar-refractivity contribution in [3.05, 3.63) is 40.2 Å². The van der Waals surface area contributed by atoms with Gasteiger partial charge in [0.05, 0.1) is 17.0 Å². The number of hydrogen-bond acceptors (Lipinski definition) is 3. The molecule has 0 radical (unpaired) electrons. The molecule has 0 saturated carbocycles. The zero-order valence-corrected chi connectivity index (χ0v) is 10.1. The van der Waals surface area contributed by atoms with Crippen LogP contribution in [-0.4, -0.2) is 13.4 Å². The first-order valence-electron chi connectivity index (χ1n) is 4.63. The van der Waals surface area contributed by atoms with Gasteiger partial charge in [0, 0.05) is 4.88 Å². The maximum absolute atomic E-state index is 10.9. The molecule has 82 valence electrons. The molecule has 0 aliphatic carbocycles. The molecule has 0 unspecified atom stereocenters. The topological polar surface area (TPSA) is 26.3 Å². The van der Waals surface area contributed by atoms with Gasteiger partial charge in [-0.3, -0.25) is 4.79 Å². The molecule has 1 heterocycles. The third-order valence-electron chi connectivity index (χ3n) is 2.21. The molecule has 4 heteroatoms. The third-order valence-corrected chi connectivity index (χ3v) is 3.49. The normalized spacial score (nSPS) is 10.1. The van der Waals surface area contributed by atoms with E-state index in [1.807, 2.05) is 18.2 Å². The van der Waals surface area contributed by atoms with E-state index in [9.17, 15) is 4.79 Å². The van der Waals surface area contributed by atoms with Crippen LogP contribution in [0.4, 0.5) is 0 Å². The van der Waals surface area contributed by atoms with Crippen LogP contribution < -0.4 is 4.74 Å². The van der Waals surface area contributed by atoms with Crippen molar-refractivity contribution in [2.24, 2.45) is 0 Å². The van der Waals surface area contributed by atoms with E-state index in [0.29, 0.717) is 11.3 Å². The average Bonchev–Trinajstić information content (AvgIpc) is 2.75. The summed E-state index contributed by atoms with van der Waals surface area (Å²) in [6.07, 6.45) is 0.789. The van der Waals surface area contributed by atoms with Crippen molar-refractivity contribution in [1.82, 2.24) is 0 Å². The number of halogens is 1. The monoisotopic (exact) mass is 252 g/mol. The fourth-order valence-electron chi connectivity index (χ4n) is 1.45. The Balaban J connectivity index is 2.47. The minimum Gasteiger partial charge on any atom is -0.496 e. The molecule has 0 amide bonds. The predicted octanol–water partition coefficient (Wildman–Crippen LogP) is 3.89. The molecule has 1 aromatic heterocycles. The highest BCUT2D eigenvalue weighted by molar-refractivity contribution is 7.19. The number of thiophene rings is 1. The van der Waals surface area contributed by atoms with Gasteiger partial charge in [0.2, 0.25) is 0 Å². The lowest BCUT2D eigenvalue weighted by Crippen LogP contribution is -1.90. The van der Waals surface area contributed by atoms with Crippen LogP contribution in [0, 0.1) is 0 Å². The largest absolute Gasteiger partial charge is 0.496 e. The molecule has 0 N–H and O–H groups in total. The minimum atomic E-state index is 0.546. The van der Waals surface area contributed by atoms with E-state index < -0.39 is 0 Å². The second-order valence-corrected chi connectivity index (χ2v) is 4.89. The lowest BCUT2D eigenvalue weighted by atomic mass is 10.1. The van der Waals surface area contributed by atoms with Crippen LogP contribution in [-0.2, 0) is 0 Å². The lowest BCUT2D eigenvalue weighted by molar-refractivity contribution is 0.112. The Morgan fingerprint density at radius 3 is 2.69 bits per heavy atom. The summed E-state index contributed by atoms with van der Waals surface area (Å²) in [5.41, 5.74) is 1.52. The van der Waals surface area contributed by atoms with Crippen LogP contribution in [0.5, 0.6) is 5.75 Å². The molecule has 0 aliphatic heterocycles. The van der Waals surface area contributed by atoms with Crippen molar-refractivity contribution < 1.29 is 9.53 Å². The number of methoxy groups -OCH3 is 1. The maximum atomic E-state index is 10.9. The lowest BCUT2D eigenvalue weighted by Gasteiger charge is -2.04. The van der Waals surface area contributed by atoms with Crippen molar-refractivity contribution in [3.8, 4) is 16.2 Å². The van der Waals surface area contributed by atoms with Crippen LogP contribution in [0.25, 0.3) is 10.4 Å². The van der Waals surface area contributed by atoms with Gasteiger partial charge in [-0.25, -0.2) is 0 Å². The molecule has 16 heavy (non-hydrogen) atoms. The summed E-state index contributed by atoms with van der Waals surface area (Å²) in [4.78, 5) is 11.9. The summed E-state index contributed by atoms with van der Waals surface area (Å²) in [6, 6.07) is 9.27. The van der Waals surface area contributed by atoms with Gasteiger partial charge >= 0.3 is 0 Å². The van der Waals surface area contributed by atoms with E-state index >= 15 is 0 Å². The zero-order chi connectivity index (χ0) is 11.5. The summed E-state index contributed by atoms with van der Waals surface area (Å²) >= 11 is 7.35.